The van der Waals surface area contributed by atoms with Crippen LogP contribution in [-0.2, 0) is 11.3 Å². The van der Waals surface area contributed by atoms with E-state index in [1.165, 1.54) is 12.4 Å². The van der Waals surface area contributed by atoms with Gasteiger partial charge in [0.2, 0.25) is 5.43 Å². The first-order chi connectivity index (χ1) is 11.9. The third-order valence-electron chi connectivity index (χ3n) is 4.61. The molecule has 6 heteroatoms. The Balaban J connectivity index is 1.66. The van der Waals surface area contributed by atoms with Crippen molar-refractivity contribution in [2.24, 2.45) is 5.41 Å². The van der Waals surface area contributed by atoms with Crippen LogP contribution in [0.4, 0.5) is 0 Å². The highest BCUT2D eigenvalue weighted by Crippen LogP contribution is 2.43. The zero-order chi connectivity index (χ0) is 18.0. The van der Waals surface area contributed by atoms with E-state index >= 15 is 0 Å². The molecule has 2 N–H and O–H groups in total. The average Bonchev–Trinajstić information content (AvgIpc) is 2.57. The Kier molecular flexibility index (Phi) is 4.97. The Morgan fingerprint density at radius 3 is 2.72 bits per heavy atom. The van der Waals surface area contributed by atoms with Gasteiger partial charge in [-0.1, -0.05) is 55.8 Å². The molecule has 25 heavy (non-hydrogen) atoms. The van der Waals surface area contributed by atoms with E-state index < -0.39 is 11.3 Å². The number of nitrogens with one attached hydrogen (secondary N) is 2. The zero-order valence-electron chi connectivity index (χ0n) is 14.2. The molecular formula is C19H21ClN2O3. The first-order valence-electron chi connectivity index (χ1n) is 8.21. The number of halogens is 1. The van der Waals surface area contributed by atoms with Crippen molar-refractivity contribution in [3.05, 3.63) is 69.1 Å². The van der Waals surface area contributed by atoms with Crippen LogP contribution in [0.1, 0.15) is 36.2 Å². The fourth-order valence-corrected chi connectivity index (χ4v) is 3.44. The number of rotatable bonds is 5. The van der Waals surface area contributed by atoms with Gasteiger partial charge < -0.3 is 15.0 Å². The molecule has 1 amide bonds. The van der Waals surface area contributed by atoms with Crippen LogP contribution in [0.3, 0.4) is 0 Å². The van der Waals surface area contributed by atoms with E-state index in [2.05, 4.69) is 24.1 Å². The number of carbonyl (C=O) groups excluding carboxylic acids is 1. The Morgan fingerprint density at radius 2 is 2.04 bits per heavy atom. The van der Waals surface area contributed by atoms with Crippen LogP contribution >= 0.6 is 11.6 Å². The third kappa shape index (κ3) is 3.78. The van der Waals surface area contributed by atoms with Crippen molar-refractivity contribution in [1.29, 1.82) is 0 Å². The van der Waals surface area contributed by atoms with Crippen LogP contribution in [-0.4, -0.2) is 23.0 Å². The monoisotopic (exact) mass is 360 g/mol. The molecule has 0 spiro atoms. The Bertz CT molecular complexity index is 817. The van der Waals surface area contributed by atoms with Crippen LogP contribution in [0.2, 0.25) is 5.02 Å². The molecule has 1 aliphatic rings. The standard InChI is InChI=1S/C19H21ClN2O3/c1-19(2)8-15(17(19)25-11-12-6-4-3-5-7-12)22-18(24)13-9-21-10-14(20)16(13)23/h3-7,9-10,15,17H,8,11H2,1-2H3,(H,21,23)(H,22,24)/t15-,17-/m1/s1. The maximum absolute atomic E-state index is 12.4. The minimum atomic E-state index is -0.474. The number of H-pyrrole nitrogens is 1. The Morgan fingerprint density at radius 1 is 1.32 bits per heavy atom. The fraction of sp³-hybridized carbons (Fsp3) is 0.368. The summed E-state index contributed by atoms with van der Waals surface area (Å²) < 4.78 is 6.06. The summed E-state index contributed by atoms with van der Waals surface area (Å²) in [5.41, 5.74) is 0.590. The number of aromatic nitrogens is 1. The first-order valence-corrected chi connectivity index (χ1v) is 8.59. The van der Waals surface area contributed by atoms with E-state index in [0.29, 0.717) is 6.61 Å². The number of ether oxygens (including phenoxy) is 1. The molecule has 0 bridgehead atoms. The van der Waals surface area contributed by atoms with E-state index in [4.69, 9.17) is 16.3 Å². The van der Waals surface area contributed by atoms with Crippen LogP contribution in [0, 0.1) is 5.41 Å². The van der Waals surface area contributed by atoms with Crippen molar-refractivity contribution in [3.63, 3.8) is 0 Å². The number of amides is 1. The molecule has 1 saturated carbocycles. The summed E-state index contributed by atoms with van der Waals surface area (Å²) in [6.07, 6.45) is 3.40. The Labute approximate surface area is 151 Å². The molecule has 1 heterocycles. The summed E-state index contributed by atoms with van der Waals surface area (Å²) in [4.78, 5) is 27.1. The van der Waals surface area contributed by atoms with Gasteiger partial charge in [-0.3, -0.25) is 9.59 Å². The highest BCUT2D eigenvalue weighted by molar-refractivity contribution is 6.30. The van der Waals surface area contributed by atoms with Gasteiger partial charge in [0.05, 0.1) is 18.8 Å². The maximum atomic E-state index is 12.4. The predicted octanol–water partition coefficient (Wildman–Crippen LogP) is 3.14. The van der Waals surface area contributed by atoms with E-state index in [1.54, 1.807) is 0 Å². The quantitative estimate of drug-likeness (QED) is 0.860. The van der Waals surface area contributed by atoms with Gasteiger partial charge in [-0.2, -0.15) is 0 Å². The SMILES string of the molecule is CC1(C)C[C@@H](NC(=O)c2c[nH]cc(Cl)c2=O)[C@H]1OCc1ccccc1. The summed E-state index contributed by atoms with van der Waals surface area (Å²) >= 11 is 5.79. The van der Waals surface area contributed by atoms with Crippen LogP contribution in [0.25, 0.3) is 0 Å². The van der Waals surface area contributed by atoms with Gasteiger partial charge in [-0.05, 0) is 17.4 Å². The molecule has 2 atom stereocenters. The molecule has 132 valence electrons. The van der Waals surface area contributed by atoms with Crippen LogP contribution in [0.5, 0.6) is 0 Å². The van der Waals surface area contributed by atoms with Crippen LogP contribution < -0.4 is 10.7 Å². The number of pyridine rings is 1. The summed E-state index contributed by atoms with van der Waals surface area (Å²) in [5.74, 6) is -0.433. The predicted molar refractivity (Wildman–Crippen MR) is 96.7 cm³/mol. The van der Waals surface area contributed by atoms with Crippen molar-refractivity contribution < 1.29 is 9.53 Å². The highest BCUT2D eigenvalue weighted by atomic mass is 35.5. The third-order valence-corrected chi connectivity index (χ3v) is 4.90. The molecule has 1 aliphatic carbocycles. The van der Waals surface area contributed by atoms with Gasteiger partial charge in [0.15, 0.2) is 0 Å². The summed E-state index contributed by atoms with van der Waals surface area (Å²) in [6.45, 7) is 4.70. The number of benzene rings is 1. The molecule has 0 radical (unpaired) electrons. The zero-order valence-corrected chi connectivity index (χ0v) is 15.0. The van der Waals surface area contributed by atoms with Gasteiger partial charge >= 0.3 is 0 Å². The lowest BCUT2D eigenvalue weighted by Gasteiger charge is -2.51. The molecule has 3 rings (SSSR count). The summed E-state index contributed by atoms with van der Waals surface area (Å²) in [6, 6.07) is 9.77. The second-order valence-corrected chi connectivity index (χ2v) is 7.44. The van der Waals surface area contributed by atoms with Gasteiger partial charge in [0.25, 0.3) is 5.91 Å². The van der Waals surface area contributed by atoms with Crippen molar-refractivity contribution in [3.8, 4) is 0 Å². The van der Waals surface area contributed by atoms with Crippen molar-refractivity contribution >= 4 is 17.5 Å². The van der Waals surface area contributed by atoms with Crippen LogP contribution in [0.15, 0.2) is 47.5 Å². The van der Waals surface area contributed by atoms with E-state index in [-0.39, 0.29) is 28.1 Å². The molecule has 1 aromatic carbocycles. The fourth-order valence-electron chi connectivity index (χ4n) is 3.28. The topological polar surface area (TPSA) is 71.2 Å². The second kappa shape index (κ2) is 7.02. The summed E-state index contributed by atoms with van der Waals surface area (Å²) in [5, 5.41) is 2.90. The smallest absolute Gasteiger partial charge is 0.257 e. The minimum absolute atomic E-state index is 0.00142. The largest absolute Gasteiger partial charge is 0.371 e. The molecule has 1 aromatic heterocycles. The first kappa shape index (κ1) is 17.7. The maximum Gasteiger partial charge on any atom is 0.257 e. The molecule has 0 aliphatic heterocycles. The molecule has 2 aromatic rings. The molecular weight excluding hydrogens is 340 g/mol. The van der Waals surface area contributed by atoms with Crippen molar-refractivity contribution in [2.75, 3.05) is 0 Å². The molecule has 1 fully saturated rings. The lowest BCUT2D eigenvalue weighted by atomic mass is 9.65. The van der Waals surface area contributed by atoms with E-state index in [9.17, 15) is 9.59 Å². The lowest BCUT2D eigenvalue weighted by Crippen LogP contribution is -2.62. The second-order valence-electron chi connectivity index (χ2n) is 7.04. The van der Waals surface area contributed by atoms with Gasteiger partial charge in [0, 0.05) is 12.4 Å². The van der Waals surface area contributed by atoms with Gasteiger partial charge in [-0.25, -0.2) is 0 Å². The number of hydrogen-bond donors (Lipinski definition) is 2. The van der Waals surface area contributed by atoms with E-state index in [1.807, 2.05) is 30.3 Å². The molecule has 5 nitrogen and oxygen atoms in total. The lowest BCUT2D eigenvalue weighted by molar-refractivity contribution is -0.123. The van der Waals surface area contributed by atoms with Gasteiger partial charge in [-0.15, -0.1) is 0 Å². The minimum Gasteiger partial charge on any atom is -0.371 e. The molecule has 0 unspecified atom stereocenters. The Hall–Kier alpha value is -2.11. The van der Waals surface area contributed by atoms with Crippen molar-refractivity contribution in [2.45, 2.75) is 39.0 Å². The van der Waals surface area contributed by atoms with E-state index in [0.717, 1.165) is 12.0 Å². The number of aromatic amines is 1. The van der Waals surface area contributed by atoms with Crippen molar-refractivity contribution in [1.82, 2.24) is 10.3 Å². The molecule has 0 saturated heterocycles. The highest BCUT2D eigenvalue weighted by Gasteiger charge is 2.49. The number of carbonyl (C=O) groups is 1. The summed E-state index contributed by atoms with van der Waals surface area (Å²) in [7, 11) is 0. The normalized spacial score (nSPS) is 21.4. The average molecular weight is 361 g/mol. The number of hydrogen-bond acceptors (Lipinski definition) is 3. The van der Waals surface area contributed by atoms with Gasteiger partial charge in [0.1, 0.15) is 10.6 Å².